The number of nitrogens with zero attached hydrogens (tertiary/aromatic N) is 1. The molecule has 1 saturated heterocycles. The Balaban J connectivity index is 1.67. The molecule has 4 rings (SSSR count). The number of ether oxygens (including phenoxy) is 1. The third kappa shape index (κ3) is 2.87. The van der Waals surface area contributed by atoms with Crippen molar-refractivity contribution < 1.29 is 23.5 Å². The van der Waals surface area contributed by atoms with E-state index in [4.69, 9.17) is 4.74 Å². The van der Waals surface area contributed by atoms with E-state index in [0.29, 0.717) is 23.5 Å². The van der Waals surface area contributed by atoms with Gasteiger partial charge in [0.15, 0.2) is 5.54 Å². The first-order valence-electron chi connectivity index (χ1n) is 8.87. The lowest BCUT2D eigenvalue weighted by Crippen LogP contribution is -2.52. The maximum atomic E-state index is 13.4. The molecule has 2 aromatic carbocycles. The fourth-order valence-corrected chi connectivity index (χ4v) is 3.66. The van der Waals surface area contributed by atoms with Crippen LogP contribution in [0.2, 0.25) is 0 Å². The van der Waals surface area contributed by atoms with Crippen LogP contribution in [-0.4, -0.2) is 35.9 Å². The summed E-state index contributed by atoms with van der Waals surface area (Å²) in [6.07, 6.45) is 0. The van der Waals surface area contributed by atoms with E-state index >= 15 is 0 Å². The van der Waals surface area contributed by atoms with E-state index in [-0.39, 0.29) is 19.0 Å². The highest BCUT2D eigenvalue weighted by molar-refractivity contribution is 6.08. The number of benzene rings is 2. The average Bonchev–Trinajstić information content (AvgIpc) is 3.12. The minimum absolute atomic E-state index is 0.0757. The van der Waals surface area contributed by atoms with Gasteiger partial charge in [-0.1, -0.05) is 12.1 Å². The molecule has 0 aromatic heterocycles. The number of imide groups is 1. The van der Waals surface area contributed by atoms with Crippen LogP contribution in [0.25, 0.3) is 0 Å². The number of fused-ring (bicyclic) bond motifs is 1. The average molecular weight is 383 g/mol. The van der Waals surface area contributed by atoms with Crippen LogP contribution in [0.5, 0.6) is 5.75 Å². The number of hydrogen-bond acceptors (Lipinski definition) is 4. The van der Waals surface area contributed by atoms with Crippen LogP contribution in [-0.2, 0) is 16.9 Å². The van der Waals surface area contributed by atoms with Crippen LogP contribution < -0.4 is 15.4 Å². The summed E-state index contributed by atoms with van der Waals surface area (Å²) in [5.74, 6) is -0.621. The maximum absolute atomic E-state index is 13.4. The van der Waals surface area contributed by atoms with Gasteiger partial charge in [0.2, 0.25) is 0 Å². The summed E-state index contributed by atoms with van der Waals surface area (Å²) in [5.41, 5.74) is 0.235. The second kappa shape index (κ2) is 6.63. The third-order valence-electron chi connectivity index (χ3n) is 4.97. The lowest BCUT2D eigenvalue weighted by atomic mass is 9.89. The Kier molecular flexibility index (Phi) is 4.26. The Bertz CT molecular complexity index is 976. The van der Waals surface area contributed by atoms with Gasteiger partial charge in [0, 0.05) is 12.1 Å². The molecule has 8 heteroatoms. The van der Waals surface area contributed by atoms with E-state index in [1.165, 1.54) is 29.2 Å². The first-order valence-corrected chi connectivity index (χ1v) is 8.87. The van der Waals surface area contributed by atoms with Crippen molar-refractivity contribution in [1.29, 1.82) is 0 Å². The highest BCUT2D eigenvalue weighted by Crippen LogP contribution is 2.32. The van der Waals surface area contributed by atoms with Gasteiger partial charge >= 0.3 is 6.03 Å². The molecule has 1 unspecified atom stereocenters. The van der Waals surface area contributed by atoms with Gasteiger partial charge in [0.25, 0.3) is 11.8 Å². The summed E-state index contributed by atoms with van der Waals surface area (Å²) in [6, 6.07) is 9.85. The van der Waals surface area contributed by atoms with Gasteiger partial charge in [-0.2, -0.15) is 0 Å². The molecule has 0 aliphatic carbocycles. The predicted octanol–water partition coefficient (Wildman–Crippen LogP) is 1.92. The zero-order chi connectivity index (χ0) is 19.9. The number of rotatable bonds is 5. The largest absolute Gasteiger partial charge is 0.494 e. The van der Waals surface area contributed by atoms with E-state index in [2.05, 4.69) is 10.6 Å². The Morgan fingerprint density at radius 2 is 1.89 bits per heavy atom. The molecule has 1 atom stereocenters. The third-order valence-corrected chi connectivity index (χ3v) is 4.97. The molecule has 0 radical (unpaired) electrons. The number of halogens is 1. The van der Waals surface area contributed by atoms with Gasteiger partial charge < -0.3 is 15.0 Å². The summed E-state index contributed by atoms with van der Waals surface area (Å²) in [4.78, 5) is 38.9. The molecule has 2 aliphatic rings. The molecule has 2 heterocycles. The summed E-state index contributed by atoms with van der Waals surface area (Å²) >= 11 is 0. The fourth-order valence-electron chi connectivity index (χ4n) is 3.66. The minimum atomic E-state index is -1.48. The van der Waals surface area contributed by atoms with E-state index in [1.54, 1.807) is 18.2 Å². The Morgan fingerprint density at radius 1 is 1.14 bits per heavy atom. The second-order valence-corrected chi connectivity index (χ2v) is 6.73. The number of carbonyl (C=O) groups excluding carboxylic acids is 3. The summed E-state index contributed by atoms with van der Waals surface area (Å²) < 4.78 is 18.8. The van der Waals surface area contributed by atoms with Gasteiger partial charge in [-0.3, -0.25) is 14.9 Å². The van der Waals surface area contributed by atoms with E-state index in [1.807, 2.05) is 6.92 Å². The van der Waals surface area contributed by atoms with Crippen molar-refractivity contribution in [3.8, 4) is 5.75 Å². The molecule has 0 saturated carbocycles. The molecule has 4 amide bonds. The summed E-state index contributed by atoms with van der Waals surface area (Å²) in [5, 5.41) is 4.83. The smallest absolute Gasteiger partial charge is 0.322 e. The number of carbonyl (C=O) groups is 3. The van der Waals surface area contributed by atoms with Crippen molar-refractivity contribution in [3.63, 3.8) is 0 Å². The minimum Gasteiger partial charge on any atom is -0.494 e. The van der Waals surface area contributed by atoms with Crippen LogP contribution in [0.3, 0.4) is 0 Å². The standard InChI is InChI=1S/C20H18FN3O4/c1-2-28-15-7-8-16-12(9-15)10-24(17(16)25)11-20(18(26)22-19(27)23-20)13-3-5-14(21)6-4-13/h3-9H,2,10-11H2,1H3,(H2,22,23,26,27). The quantitative estimate of drug-likeness (QED) is 0.773. The van der Waals surface area contributed by atoms with Crippen LogP contribution in [0.4, 0.5) is 9.18 Å². The predicted molar refractivity (Wildman–Crippen MR) is 97.1 cm³/mol. The Hall–Kier alpha value is -3.42. The zero-order valence-corrected chi connectivity index (χ0v) is 15.1. The zero-order valence-electron chi connectivity index (χ0n) is 15.1. The number of hydrogen-bond donors (Lipinski definition) is 2. The molecular weight excluding hydrogens is 365 g/mol. The summed E-state index contributed by atoms with van der Waals surface area (Å²) in [7, 11) is 0. The van der Waals surface area contributed by atoms with Crippen LogP contribution in [0, 0.1) is 5.82 Å². The summed E-state index contributed by atoms with van der Waals surface area (Å²) in [6.45, 7) is 2.59. The molecule has 28 heavy (non-hydrogen) atoms. The van der Waals surface area contributed by atoms with Crippen molar-refractivity contribution in [2.24, 2.45) is 0 Å². The molecule has 0 spiro atoms. The molecule has 0 bridgehead atoms. The SMILES string of the molecule is CCOc1ccc2c(c1)CN(CC1(c3ccc(F)cc3)NC(=O)NC1=O)C2=O. The lowest BCUT2D eigenvalue weighted by Gasteiger charge is -2.31. The highest BCUT2D eigenvalue weighted by atomic mass is 19.1. The van der Waals surface area contributed by atoms with Crippen LogP contribution >= 0.6 is 0 Å². The van der Waals surface area contributed by atoms with Gasteiger partial charge in [-0.15, -0.1) is 0 Å². The molecule has 1 fully saturated rings. The number of urea groups is 1. The topological polar surface area (TPSA) is 87.7 Å². The van der Waals surface area contributed by atoms with Crippen LogP contribution in [0.1, 0.15) is 28.4 Å². The van der Waals surface area contributed by atoms with Gasteiger partial charge in [0.05, 0.1) is 13.2 Å². The highest BCUT2D eigenvalue weighted by Gasteiger charge is 2.50. The molecule has 7 nitrogen and oxygen atoms in total. The molecule has 144 valence electrons. The van der Waals surface area contributed by atoms with Crippen molar-refractivity contribution in [2.45, 2.75) is 19.0 Å². The Labute approximate surface area is 160 Å². The van der Waals surface area contributed by atoms with Crippen molar-refractivity contribution in [3.05, 3.63) is 65.0 Å². The van der Waals surface area contributed by atoms with E-state index in [0.717, 1.165) is 5.56 Å². The van der Waals surface area contributed by atoms with E-state index < -0.39 is 23.3 Å². The second-order valence-electron chi connectivity index (χ2n) is 6.73. The molecule has 2 N–H and O–H groups in total. The first-order chi connectivity index (χ1) is 13.4. The normalized spacial score (nSPS) is 20.8. The molecule has 2 aliphatic heterocycles. The molecule has 2 aromatic rings. The Morgan fingerprint density at radius 3 is 2.54 bits per heavy atom. The lowest BCUT2D eigenvalue weighted by molar-refractivity contribution is -0.124. The fraction of sp³-hybridized carbons (Fsp3) is 0.250. The maximum Gasteiger partial charge on any atom is 0.322 e. The first kappa shape index (κ1) is 18.0. The van der Waals surface area contributed by atoms with Gasteiger partial charge in [-0.05, 0) is 48.4 Å². The van der Waals surface area contributed by atoms with Crippen molar-refractivity contribution in [2.75, 3.05) is 13.2 Å². The van der Waals surface area contributed by atoms with Crippen molar-refractivity contribution >= 4 is 17.8 Å². The van der Waals surface area contributed by atoms with Gasteiger partial charge in [-0.25, -0.2) is 9.18 Å². The number of nitrogens with one attached hydrogen (secondary N) is 2. The monoisotopic (exact) mass is 383 g/mol. The van der Waals surface area contributed by atoms with Crippen LogP contribution in [0.15, 0.2) is 42.5 Å². The molecular formula is C20H18FN3O4. The number of amides is 4. The van der Waals surface area contributed by atoms with Crippen molar-refractivity contribution in [1.82, 2.24) is 15.5 Å². The van der Waals surface area contributed by atoms with Gasteiger partial charge in [0.1, 0.15) is 11.6 Å². The van der Waals surface area contributed by atoms with E-state index in [9.17, 15) is 18.8 Å².